The molecular formula is C30H36BrN3O2. The molecular weight excluding hydrogens is 514 g/mol. The molecule has 0 spiro atoms. The van der Waals surface area contributed by atoms with Crippen LogP contribution in [0, 0.1) is 0 Å². The monoisotopic (exact) mass is 549 g/mol. The van der Waals surface area contributed by atoms with Crippen LogP contribution in [0.4, 0.5) is 11.4 Å². The van der Waals surface area contributed by atoms with Gasteiger partial charge >= 0.3 is 0 Å². The molecule has 36 heavy (non-hydrogen) atoms. The molecule has 0 radical (unpaired) electrons. The number of benzene rings is 3. The van der Waals surface area contributed by atoms with Crippen molar-refractivity contribution in [2.75, 3.05) is 38.2 Å². The lowest BCUT2D eigenvalue weighted by Crippen LogP contribution is -2.43. The van der Waals surface area contributed by atoms with E-state index in [1.807, 2.05) is 36.9 Å². The van der Waals surface area contributed by atoms with E-state index >= 15 is 0 Å². The van der Waals surface area contributed by atoms with Crippen molar-refractivity contribution >= 4 is 33.2 Å². The molecule has 6 heteroatoms. The predicted molar refractivity (Wildman–Crippen MR) is 151 cm³/mol. The van der Waals surface area contributed by atoms with E-state index in [9.17, 15) is 4.79 Å². The van der Waals surface area contributed by atoms with E-state index in [1.54, 1.807) is 7.11 Å². The molecule has 190 valence electrons. The van der Waals surface area contributed by atoms with Crippen LogP contribution in [0.25, 0.3) is 0 Å². The minimum atomic E-state index is 0.0811. The zero-order chi connectivity index (χ0) is 25.5. The van der Waals surface area contributed by atoms with Crippen LogP contribution in [-0.4, -0.2) is 55.0 Å². The van der Waals surface area contributed by atoms with Gasteiger partial charge in [-0.2, -0.15) is 0 Å². The van der Waals surface area contributed by atoms with E-state index < -0.39 is 0 Å². The summed E-state index contributed by atoms with van der Waals surface area (Å²) in [5.41, 5.74) is 4.28. The van der Waals surface area contributed by atoms with Crippen molar-refractivity contribution in [2.45, 2.75) is 39.3 Å². The molecule has 0 atom stereocenters. The summed E-state index contributed by atoms with van der Waals surface area (Å²) < 4.78 is 6.55. The Morgan fingerprint density at radius 3 is 2.19 bits per heavy atom. The highest BCUT2D eigenvalue weighted by molar-refractivity contribution is 9.10. The topological polar surface area (TPSA) is 36.0 Å². The van der Waals surface area contributed by atoms with Gasteiger partial charge in [0.05, 0.1) is 11.6 Å². The number of amides is 1. The number of anilines is 2. The minimum Gasteiger partial charge on any atom is -0.495 e. The number of ether oxygens (including phenoxy) is 1. The van der Waals surface area contributed by atoms with Crippen LogP contribution in [0.2, 0.25) is 0 Å². The normalized spacial score (nSPS) is 14.4. The van der Waals surface area contributed by atoms with Crippen molar-refractivity contribution in [3.63, 3.8) is 0 Å². The van der Waals surface area contributed by atoms with Crippen LogP contribution in [0.1, 0.15) is 42.6 Å². The summed E-state index contributed by atoms with van der Waals surface area (Å²) in [6.45, 7) is 8.53. The van der Waals surface area contributed by atoms with Crippen LogP contribution in [0.5, 0.6) is 5.75 Å². The molecule has 1 saturated heterocycles. The molecule has 0 unspecified atom stereocenters. The highest BCUT2D eigenvalue weighted by atomic mass is 79.9. The van der Waals surface area contributed by atoms with E-state index in [0.29, 0.717) is 19.1 Å². The fourth-order valence-corrected chi connectivity index (χ4v) is 5.41. The Bertz CT molecular complexity index is 1120. The first-order valence-corrected chi connectivity index (χ1v) is 13.6. The first-order valence-electron chi connectivity index (χ1n) is 12.8. The molecule has 4 rings (SSSR count). The lowest BCUT2D eigenvalue weighted by Gasteiger charge is -2.40. The largest absolute Gasteiger partial charge is 0.495 e. The van der Waals surface area contributed by atoms with E-state index in [0.717, 1.165) is 59.6 Å². The van der Waals surface area contributed by atoms with Gasteiger partial charge in [-0.05, 0) is 84.6 Å². The lowest BCUT2D eigenvalue weighted by atomic mass is 10.00. The quantitative estimate of drug-likeness (QED) is 0.296. The van der Waals surface area contributed by atoms with Gasteiger partial charge in [0.25, 0.3) is 5.91 Å². The van der Waals surface area contributed by atoms with Crippen molar-refractivity contribution in [3.8, 4) is 5.75 Å². The Labute approximate surface area is 223 Å². The first kappa shape index (κ1) is 26.2. The van der Waals surface area contributed by atoms with Crippen molar-refractivity contribution in [1.82, 2.24) is 9.80 Å². The third-order valence-corrected chi connectivity index (χ3v) is 7.68. The van der Waals surface area contributed by atoms with Crippen molar-refractivity contribution < 1.29 is 9.53 Å². The Morgan fingerprint density at radius 1 is 0.944 bits per heavy atom. The second-order valence-corrected chi connectivity index (χ2v) is 10.1. The van der Waals surface area contributed by atoms with Crippen LogP contribution >= 0.6 is 15.9 Å². The number of hydrogen-bond acceptors (Lipinski definition) is 4. The second kappa shape index (κ2) is 12.4. The maximum atomic E-state index is 12.9. The van der Waals surface area contributed by atoms with E-state index in [2.05, 4.69) is 80.3 Å². The van der Waals surface area contributed by atoms with Crippen molar-refractivity contribution in [2.24, 2.45) is 0 Å². The van der Waals surface area contributed by atoms with Crippen LogP contribution < -0.4 is 9.64 Å². The van der Waals surface area contributed by atoms with Crippen LogP contribution in [0.3, 0.4) is 0 Å². The average Bonchev–Trinajstić information content (AvgIpc) is 2.92. The molecule has 1 amide bonds. The fraction of sp³-hybridized carbons (Fsp3) is 0.367. The standard InChI is InChI=1S/C30H36BrN3O2/c1-4-33(5-2)30(35)24-11-13-25(14-12-24)34(27-15-16-28(31)29(21-27)36-3)26-17-19-32(20-18-26)22-23-9-7-6-8-10-23/h6-16,21,26H,4-5,17-20,22H2,1-3H3. The second-order valence-electron chi connectivity index (χ2n) is 9.21. The number of hydrogen-bond donors (Lipinski definition) is 0. The number of carbonyl (C=O) groups is 1. The molecule has 0 bridgehead atoms. The van der Waals surface area contributed by atoms with Gasteiger partial charge in [-0.3, -0.25) is 9.69 Å². The van der Waals surface area contributed by atoms with Crippen LogP contribution in [-0.2, 0) is 6.54 Å². The van der Waals surface area contributed by atoms with Gasteiger partial charge in [0.1, 0.15) is 5.75 Å². The van der Waals surface area contributed by atoms with Crippen LogP contribution in [0.15, 0.2) is 77.3 Å². The third kappa shape index (κ3) is 6.11. The summed E-state index contributed by atoms with van der Waals surface area (Å²) in [5, 5.41) is 0. The SMILES string of the molecule is CCN(CC)C(=O)c1ccc(N(c2ccc(Br)c(OC)c2)C2CCN(Cc3ccccc3)CC2)cc1. The zero-order valence-corrected chi connectivity index (χ0v) is 23.1. The molecule has 3 aromatic carbocycles. The number of piperidine rings is 1. The van der Waals surface area contributed by atoms with Gasteiger partial charge in [-0.1, -0.05) is 30.3 Å². The maximum absolute atomic E-state index is 12.9. The van der Waals surface area contributed by atoms with Gasteiger partial charge in [0.15, 0.2) is 0 Å². The summed E-state index contributed by atoms with van der Waals surface area (Å²) in [6.07, 6.45) is 2.12. The molecule has 0 aliphatic carbocycles. The molecule has 1 heterocycles. The fourth-order valence-electron chi connectivity index (χ4n) is 5.00. The molecule has 1 aliphatic heterocycles. The lowest BCUT2D eigenvalue weighted by molar-refractivity contribution is 0.0773. The Morgan fingerprint density at radius 2 is 1.58 bits per heavy atom. The molecule has 0 N–H and O–H groups in total. The summed E-state index contributed by atoms with van der Waals surface area (Å²) >= 11 is 3.59. The highest BCUT2D eigenvalue weighted by Gasteiger charge is 2.27. The molecule has 0 aromatic heterocycles. The molecule has 5 nitrogen and oxygen atoms in total. The highest BCUT2D eigenvalue weighted by Crippen LogP contribution is 2.37. The Kier molecular flexibility index (Phi) is 9.05. The molecule has 0 saturated carbocycles. The average molecular weight is 551 g/mol. The number of nitrogens with zero attached hydrogens (tertiary/aromatic N) is 3. The van der Waals surface area contributed by atoms with Gasteiger partial charge in [0, 0.05) is 61.8 Å². The number of methoxy groups -OCH3 is 1. The van der Waals surface area contributed by atoms with E-state index in [-0.39, 0.29) is 5.91 Å². The molecule has 1 fully saturated rings. The number of rotatable bonds is 9. The van der Waals surface area contributed by atoms with Gasteiger partial charge in [0.2, 0.25) is 0 Å². The summed E-state index contributed by atoms with van der Waals surface area (Å²) in [5.74, 6) is 0.893. The predicted octanol–water partition coefficient (Wildman–Crippen LogP) is 6.74. The summed E-state index contributed by atoms with van der Waals surface area (Å²) in [4.78, 5) is 19.7. The number of likely N-dealkylation sites (tertiary alicyclic amines) is 1. The molecule has 3 aromatic rings. The van der Waals surface area contributed by atoms with E-state index in [4.69, 9.17) is 4.74 Å². The zero-order valence-electron chi connectivity index (χ0n) is 21.5. The third-order valence-electron chi connectivity index (χ3n) is 7.03. The summed E-state index contributed by atoms with van der Waals surface area (Å²) in [7, 11) is 1.70. The first-order chi connectivity index (χ1) is 17.5. The maximum Gasteiger partial charge on any atom is 0.253 e. The van der Waals surface area contributed by atoms with Gasteiger partial charge < -0.3 is 14.5 Å². The smallest absolute Gasteiger partial charge is 0.253 e. The Hall–Kier alpha value is -2.83. The van der Waals surface area contributed by atoms with Crippen molar-refractivity contribution in [1.29, 1.82) is 0 Å². The van der Waals surface area contributed by atoms with Crippen molar-refractivity contribution in [3.05, 3.63) is 88.4 Å². The van der Waals surface area contributed by atoms with Gasteiger partial charge in [-0.15, -0.1) is 0 Å². The van der Waals surface area contributed by atoms with E-state index in [1.165, 1.54) is 5.56 Å². The van der Waals surface area contributed by atoms with Gasteiger partial charge in [-0.25, -0.2) is 0 Å². The molecule has 1 aliphatic rings. The Balaban J connectivity index is 1.58. The number of carbonyl (C=O) groups excluding carboxylic acids is 1. The minimum absolute atomic E-state index is 0.0811. The summed E-state index contributed by atoms with van der Waals surface area (Å²) in [6, 6.07) is 25.4. The number of halogens is 1.